The largest absolute Gasteiger partial charge is 0.352 e. The molecule has 9 nitrogen and oxygen atoms in total. The van der Waals surface area contributed by atoms with E-state index in [1.165, 1.54) is 36.1 Å². The van der Waals surface area contributed by atoms with Crippen LogP contribution < -0.4 is 16.6 Å². The molecule has 1 aliphatic carbocycles. The fourth-order valence-electron chi connectivity index (χ4n) is 3.83. The third-order valence-electron chi connectivity index (χ3n) is 5.56. The molecule has 0 unspecified atom stereocenters. The first-order valence-corrected chi connectivity index (χ1v) is 9.59. The van der Waals surface area contributed by atoms with Gasteiger partial charge in [0.05, 0.1) is 0 Å². The summed E-state index contributed by atoms with van der Waals surface area (Å²) in [5, 5.41) is 3.05. The molecule has 1 N–H and O–H groups in total. The van der Waals surface area contributed by atoms with Gasteiger partial charge in [0, 0.05) is 39.3 Å². The number of carbonyl (C=O) groups is 1. The topological polar surface area (TPSA) is 94.2 Å². The van der Waals surface area contributed by atoms with Gasteiger partial charge < -0.3 is 10.2 Å². The smallest absolute Gasteiger partial charge is 0.332 e. The monoisotopic (exact) mass is 394 g/mol. The van der Waals surface area contributed by atoms with Gasteiger partial charge >= 0.3 is 5.69 Å². The van der Waals surface area contributed by atoms with Crippen molar-refractivity contribution in [2.24, 2.45) is 14.1 Å². The third-order valence-corrected chi connectivity index (χ3v) is 5.85. The van der Waals surface area contributed by atoms with E-state index in [1.807, 2.05) is 0 Å². The summed E-state index contributed by atoms with van der Waals surface area (Å²) in [6, 6.07) is 0.883. The highest BCUT2D eigenvalue weighted by molar-refractivity contribution is 6.29. The third kappa shape index (κ3) is 3.29. The zero-order chi connectivity index (χ0) is 19.3. The van der Waals surface area contributed by atoms with Gasteiger partial charge in [0.2, 0.25) is 11.2 Å². The van der Waals surface area contributed by atoms with Gasteiger partial charge in [0.15, 0.2) is 11.2 Å². The maximum Gasteiger partial charge on any atom is 0.332 e. The molecule has 1 saturated carbocycles. The molecule has 0 bridgehead atoms. The van der Waals surface area contributed by atoms with Gasteiger partial charge in [-0.2, -0.15) is 4.98 Å². The molecule has 4 rings (SSSR count). The van der Waals surface area contributed by atoms with E-state index in [-0.39, 0.29) is 34.9 Å². The first kappa shape index (κ1) is 18.2. The first-order valence-electron chi connectivity index (χ1n) is 9.22. The Balaban J connectivity index is 1.51. The summed E-state index contributed by atoms with van der Waals surface area (Å²) < 4.78 is 3.61. The van der Waals surface area contributed by atoms with E-state index in [4.69, 9.17) is 11.6 Å². The summed E-state index contributed by atoms with van der Waals surface area (Å²) in [6.07, 6.45) is 4.44. The number of piperidine rings is 1. The second-order valence-corrected chi connectivity index (χ2v) is 7.79. The highest BCUT2D eigenvalue weighted by Gasteiger charge is 2.32. The quantitative estimate of drug-likeness (QED) is 0.727. The van der Waals surface area contributed by atoms with Crippen molar-refractivity contribution in [1.29, 1.82) is 0 Å². The van der Waals surface area contributed by atoms with Gasteiger partial charge in [-0.15, -0.1) is 0 Å². The Morgan fingerprint density at radius 1 is 1.15 bits per heavy atom. The maximum atomic E-state index is 12.5. The molecule has 0 aromatic carbocycles. The van der Waals surface area contributed by atoms with Crippen LogP contribution >= 0.6 is 11.6 Å². The Morgan fingerprint density at radius 3 is 2.44 bits per heavy atom. The molecule has 2 aromatic rings. The average Bonchev–Trinajstić information content (AvgIpc) is 3.44. The number of aryl methyl sites for hydroxylation is 1. The van der Waals surface area contributed by atoms with Gasteiger partial charge in [-0.1, -0.05) is 0 Å². The van der Waals surface area contributed by atoms with Crippen LogP contribution in [0.4, 0.5) is 0 Å². The van der Waals surface area contributed by atoms with Gasteiger partial charge in [0.1, 0.15) is 6.54 Å². The molecule has 2 aromatic heterocycles. The van der Waals surface area contributed by atoms with Crippen LogP contribution in [0.2, 0.25) is 5.28 Å². The summed E-state index contributed by atoms with van der Waals surface area (Å²) >= 11 is 6.17. The summed E-state index contributed by atoms with van der Waals surface area (Å²) in [5.74, 6) is -0.211. The fraction of sp³-hybridized carbons (Fsp3) is 0.647. The van der Waals surface area contributed by atoms with Crippen molar-refractivity contribution in [3.63, 3.8) is 0 Å². The van der Waals surface area contributed by atoms with Crippen molar-refractivity contribution in [2.75, 3.05) is 13.1 Å². The molecule has 0 radical (unpaired) electrons. The standard InChI is InChI=1S/C17H23ClN6O3/c1-21-14-13(15(26)22(2)17(21)27)24(16(18)20-14)9-12(25)19-10-5-7-23(8-6-10)11-3-4-11/h10-11H,3-9H2,1-2H3,(H,19,25). The molecule has 0 atom stereocenters. The van der Waals surface area contributed by atoms with Crippen molar-refractivity contribution in [1.82, 2.24) is 28.9 Å². The van der Waals surface area contributed by atoms with E-state index in [2.05, 4.69) is 15.2 Å². The van der Waals surface area contributed by atoms with Gasteiger partial charge in [-0.25, -0.2) is 4.79 Å². The molecule has 0 spiro atoms. The van der Waals surface area contributed by atoms with Crippen LogP contribution in [0.25, 0.3) is 11.2 Å². The molecular weight excluding hydrogens is 372 g/mol. The first-order chi connectivity index (χ1) is 12.9. The van der Waals surface area contributed by atoms with Crippen LogP contribution in [0.5, 0.6) is 0 Å². The Kier molecular flexibility index (Phi) is 4.59. The van der Waals surface area contributed by atoms with E-state index in [1.54, 1.807) is 0 Å². The summed E-state index contributed by atoms with van der Waals surface area (Å²) in [6.45, 7) is 1.91. The number of halogens is 1. The Labute approximate surface area is 160 Å². The fourth-order valence-corrected chi connectivity index (χ4v) is 4.05. The molecule has 1 saturated heterocycles. The predicted octanol–water partition coefficient (Wildman–Crippen LogP) is -0.170. The van der Waals surface area contributed by atoms with E-state index in [0.29, 0.717) is 0 Å². The highest BCUT2D eigenvalue weighted by atomic mass is 35.5. The van der Waals surface area contributed by atoms with Gasteiger partial charge in [-0.3, -0.25) is 23.3 Å². The van der Waals surface area contributed by atoms with Crippen LogP contribution in [0.3, 0.4) is 0 Å². The van der Waals surface area contributed by atoms with Crippen LogP contribution in [0.15, 0.2) is 9.59 Å². The molecule has 2 aliphatic rings. The van der Waals surface area contributed by atoms with Crippen molar-refractivity contribution in [2.45, 2.75) is 44.3 Å². The SMILES string of the molecule is Cn1c(=O)c2c(nc(Cl)n2CC(=O)NC2CCN(C3CC3)CC2)n(C)c1=O. The normalized spacial score (nSPS) is 18.9. The number of rotatable bonds is 4. The number of likely N-dealkylation sites (tertiary alicyclic amines) is 1. The second kappa shape index (κ2) is 6.79. The van der Waals surface area contributed by atoms with Crippen LogP contribution in [0, 0.1) is 0 Å². The number of nitrogens with zero attached hydrogens (tertiary/aromatic N) is 5. The summed E-state index contributed by atoms with van der Waals surface area (Å²) in [7, 11) is 2.91. The Bertz CT molecular complexity index is 1010. The summed E-state index contributed by atoms with van der Waals surface area (Å²) in [4.78, 5) is 43.7. The van der Waals surface area contributed by atoms with Crippen LogP contribution in [0.1, 0.15) is 25.7 Å². The lowest BCUT2D eigenvalue weighted by Gasteiger charge is -2.32. The van der Waals surface area contributed by atoms with E-state index < -0.39 is 11.2 Å². The molecule has 10 heteroatoms. The van der Waals surface area contributed by atoms with Crippen LogP contribution in [-0.2, 0) is 25.4 Å². The second-order valence-electron chi connectivity index (χ2n) is 7.45. The number of hydrogen-bond acceptors (Lipinski definition) is 5. The Hall–Kier alpha value is -2.13. The molecule has 27 heavy (non-hydrogen) atoms. The summed E-state index contributed by atoms with van der Waals surface area (Å²) in [5.41, 5.74) is -0.666. The number of nitrogens with one attached hydrogen (secondary N) is 1. The lowest BCUT2D eigenvalue weighted by atomic mass is 10.0. The highest BCUT2D eigenvalue weighted by Crippen LogP contribution is 2.29. The molecule has 3 heterocycles. The van der Waals surface area contributed by atoms with Crippen molar-refractivity contribution in [3.05, 3.63) is 26.1 Å². The molecule has 1 aliphatic heterocycles. The number of amides is 1. The van der Waals surface area contributed by atoms with E-state index in [9.17, 15) is 14.4 Å². The van der Waals surface area contributed by atoms with E-state index >= 15 is 0 Å². The van der Waals surface area contributed by atoms with Gasteiger partial charge in [-0.05, 0) is 37.3 Å². The van der Waals surface area contributed by atoms with Crippen molar-refractivity contribution >= 4 is 28.7 Å². The molecule has 1 amide bonds. The van der Waals surface area contributed by atoms with Crippen molar-refractivity contribution in [3.8, 4) is 0 Å². The average molecular weight is 395 g/mol. The van der Waals surface area contributed by atoms with Gasteiger partial charge in [0.25, 0.3) is 5.56 Å². The lowest BCUT2D eigenvalue weighted by Crippen LogP contribution is -2.46. The number of aromatic nitrogens is 4. The zero-order valence-electron chi connectivity index (χ0n) is 15.4. The lowest BCUT2D eigenvalue weighted by molar-refractivity contribution is -0.122. The van der Waals surface area contributed by atoms with Crippen molar-refractivity contribution < 1.29 is 4.79 Å². The molecule has 2 fully saturated rings. The Morgan fingerprint density at radius 2 is 1.81 bits per heavy atom. The van der Waals surface area contributed by atoms with E-state index in [0.717, 1.165) is 36.5 Å². The number of fused-ring (bicyclic) bond motifs is 1. The predicted molar refractivity (Wildman–Crippen MR) is 101 cm³/mol. The minimum absolute atomic E-state index is 0.0157. The van der Waals surface area contributed by atoms with Crippen LogP contribution in [-0.4, -0.2) is 54.7 Å². The molecule has 146 valence electrons. The number of imidazole rings is 1. The minimum atomic E-state index is -0.516. The number of carbonyl (C=O) groups excluding carboxylic acids is 1. The zero-order valence-corrected chi connectivity index (χ0v) is 16.2. The number of hydrogen-bond donors (Lipinski definition) is 1. The minimum Gasteiger partial charge on any atom is -0.352 e. The maximum absolute atomic E-state index is 12.5. The molecular formula is C17H23ClN6O3.